The van der Waals surface area contributed by atoms with E-state index in [9.17, 15) is 13.2 Å². The van der Waals surface area contributed by atoms with Crippen LogP contribution in [0.2, 0.25) is 0 Å². The molecule has 0 N–H and O–H groups in total. The zero-order chi connectivity index (χ0) is 15.0. The number of carbonyl (C=O) groups is 1. The third-order valence-electron chi connectivity index (χ3n) is 2.96. The van der Waals surface area contributed by atoms with Gasteiger partial charge in [0.2, 0.25) is 10.0 Å². The van der Waals surface area contributed by atoms with Gasteiger partial charge in [0.1, 0.15) is 10.7 Å². The summed E-state index contributed by atoms with van der Waals surface area (Å²) in [5, 5.41) is 4.12. The molecule has 6 nitrogen and oxygen atoms in total. The highest BCUT2D eigenvalue weighted by Gasteiger charge is 2.32. The van der Waals surface area contributed by atoms with Gasteiger partial charge in [0.05, 0.1) is 17.9 Å². The molecule has 0 radical (unpaired) electrons. The third-order valence-corrected chi connectivity index (χ3v) is 5.24. The summed E-state index contributed by atoms with van der Waals surface area (Å²) >= 11 is 0. The van der Waals surface area contributed by atoms with Crippen molar-refractivity contribution in [1.29, 1.82) is 0 Å². The van der Waals surface area contributed by atoms with Gasteiger partial charge in [-0.05, 0) is 34.6 Å². The fourth-order valence-corrected chi connectivity index (χ4v) is 4.07. The Bertz CT molecular complexity index is 588. The van der Waals surface area contributed by atoms with Crippen LogP contribution in [0.25, 0.3) is 0 Å². The number of carbonyl (C=O) groups excluding carboxylic acids is 1. The maximum Gasteiger partial charge on any atom is 0.247 e. The molecule has 0 aliphatic heterocycles. The Morgan fingerprint density at radius 1 is 1.37 bits per heavy atom. The minimum atomic E-state index is -3.71. The van der Waals surface area contributed by atoms with Crippen LogP contribution in [0.3, 0.4) is 0 Å². The zero-order valence-electron chi connectivity index (χ0n) is 12.3. The smallest absolute Gasteiger partial charge is 0.247 e. The lowest BCUT2D eigenvalue weighted by atomic mass is 10.3. The third kappa shape index (κ3) is 3.03. The molecule has 0 aromatic carbocycles. The van der Waals surface area contributed by atoms with E-state index in [1.165, 1.54) is 15.9 Å². The van der Waals surface area contributed by atoms with Gasteiger partial charge in [-0.1, -0.05) is 0 Å². The van der Waals surface area contributed by atoms with Gasteiger partial charge >= 0.3 is 0 Å². The van der Waals surface area contributed by atoms with Gasteiger partial charge in [-0.3, -0.25) is 9.48 Å². The number of hydrogen-bond acceptors (Lipinski definition) is 4. The van der Waals surface area contributed by atoms with Crippen LogP contribution in [0.5, 0.6) is 0 Å². The predicted molar refractivity (Wildman–Crippen MR) is 72.4 cm³/mol. The second kappa shape index (κ2) is 5.42. The Balaban J connectivity index is 3.39. The summed E-state index contributed by atoms with van der Waals surface area (Å²) in [5.41, 5.74) is 1.03. The summed E-state index contributed by atoms with van der Waals surface area (Å²) in [4.78, 5) is 11.5. The van der Waals surface area contributed by atoms with Crippen LogP contribution in [0.4, 0.5) is 0 Å². The Kier molecular flexibility index (Phi) is 4.52. The van der Waals surface area contributed by atoms with Crippen LogP contribution in [0.15, 0.2) is 4.90 Å². The van der Waals surface area contributed by atoms with Crippen molar-refractivity contribution in [3.63, 3.8) is 0 Å². The number of hydrogen-bond donors (Lipinski definition) is 0. The first-order valence-corrected chi connectivity index (χ1v) is 7.54. The van der Waals surface area contributed by atoms with E-state index in [2.05, 4.69) is 5.10 Å². The summed E-state index contributed by atoms with van der Waals surface area (Å²) in [6.07, 6.45) is 0. The highest BCUT2D eigenvalue weighted by molar-refractivity contribution is 7.89. The molecular formula is C12H21N3O3S. The summed E-state index contributed by atoms with van der Waals surface area (Å²) < 4.78 is 28.1. The number of Topliss-reactive ketones (excluding diaryl/α,β-unsaturated/α-hetero) is 1. The van der Waals surface area contributed by atoms with E-state index in [1.807, 2.05) is 0 Å². The number of nitrogens with zero attached hydrogens (tertiary/aromatic N) is 3. The van der Waals surface area contributed by atoms with Crippen LogP contribution in [0, 0.1) is 13.8 Å². The van der Waals surface area contributed by atoms with E-state index in [1.54, 1.807) is 34.7 Å². The van der Waals surface area contributed by atoms with Crippen molar-refractivity contribution in [3.05, 3.63) is 11.4 Å². The summed E-state index contributed by atoms with van der Waals surface area (Å²) in [6, 6.07) is -0.284. The Labute approximate surface area is 114 Å². The Morgan fingerprint density at radius 2 is 1.89 bits per heavy atom. The quantitative estimate of drug-likeness (QED) is 0.810. The highest BCUT2D eigenvalue weighted by Crippen LogP contribution is 2.24. The first kappa shape index (κ1) is 15.8. The highest BCUT2D eigenvalue weighted by atomic mass is 32.2. The molecule has 0 spiro atoms. The Morgan fingerprint density at radius 3 is 2.21 bits per heavy atom. The number of aromatic nitrogens is 2. The van der Waals surface area contributed by atoms with Crippen LogP contribution in [-0.2, 0) is 21.9 Å². The molecule has 7 heteroatoms. The summed E-state index contributed by atoms with van der Waals surface area (Å²) in [7, 11) is -2.01. The average molecular weight is 287 g/mol. The van der Waals surface area contributed by atoms with Crippen molar-refractivity contribution in [1.82, 2.24) is 14.1 Å². The lowest BCUT2D eigenvalue weighted by molar-refractivity contribution is -0.117. The van der Waals surface area contributed by atoms with E-state index in [0.29, 0.717) is 11.4 Å². The molecule has 1 heterocycles. The maximum absolute atomic E-state index is 12.7. The van der Waals surface area contributed by atoms with Gasteiger partial charge in [-0.15, -0.1) is 0 Å². The second-order valence-corrected chi connectivity index (χ2v) is 6.80. The van der Waals surface area contributed by atoms with Gasteiger partial charge in [-0.25, -0.2) is 8.42 Å². The van der Waals surface area contributed by atoms with E-state index >= 15 is 0 Å². The minimum absolute atomic E-state index is 0.117. The topological polar surface area (TPSA) is 72.3 Å². The normalized spacial score (nSPS) is 12.4. The number of aryl methyl sites for hydroxylation is 2. The van der Waals surface area contributed by atoms with E-state index in [4.69, 9.17) is 0 Å². The van der Waals surface area contributed by atoms with Gasteiger partial charge in [0.15, 0.2) is 0 Å². The molecule has 0 saturated carbocycles. The van der Waals surface area contributed by atoms with Crippen molar-refractivity contribution >= 4 is 15.8 Å². The van der Waals surface area contributed by atoms with Gasteiger partial charge < -0.3 is 0 Å². The van der Waals surface area contributed by atoms with E-state index < -0.39 is 10.0 Å². The van der Waals surface area contributed by atoms with Crippen molar-refractivity contribution in [3.8, 4) is 0 Å². The number of sulfonamides is 1. The second-order valence-electron chi connectivity index (χ2n) is 4.97. The molecule has 0 bridgehead atoms. The standard InChI is InChI=1S/C12H21N3O3S/c1-8(2)15(7-9(3)16)19(17,18)12-10(4)13-14(6)11(12)5/h8H,7H2,1-6H3. The average Bonchev–Trinajstić information content (AvgIpc) is 2.49. The molecule has 108 valence electrons. The zero-order valence-corrected chi connectivity index (χ0v) is 13.1. The lowest BCUT2D eigenvalue weighted by Gasteiger charge is -2.24. The van der Waals surface area contributed by atoms with Crippen molar-refractivity contribution in [2.45, 2.75) is 45.6 Å². The monoisotopic (exact) mass is 287 g/mol. The van der Waals surface area contributed by atoms with Gasteiger partial charge in [0.25, 0.3) is 0 Å². The number of rotatable bonds is 5. The predicted octanol–water partition coefficient (Wildman–Crippen LogP) is 1.03. The Hall–Kier alpha value is -1.21. The molecule has 0 atom stereocenters. The molecule has 0 aliphatic carbocycles. The van der Waals surface area contributed by atoms with E-state index in [0.717, 1.165) is 0 Å². The fraction of sp³-hybridized carbons (Fsp3) is 0.667. The van der Waals surface area contributed by atoms with Crippen molar-refractivity contribution in [2.24, 2.45) is 7.05 Å². The largest absolute Gasteiger partial charge is 0.299 e. The molecule has 0 fully saturated rings. The molecule has 0 unspecified atom stereocenters. The van der Waals surface area contributed by atoms with Gasteiger partial charge in [0, 0.05) is 13.1 Å². The van der Waals surface area contributed by atoms with Crippen LogP contribution in [0.1, 0.15) is 32.2 Å². The summed E-state index contributed by atoms with van der Waals surface area (Å²) in [6.45, 7) is 8.13. The van der Waals surface area contributed by atoms with Gasteiger partial charge in [-0.2, -0.15) is 9.40 Å². The molecule has 1 aromatic rings. The van der Waals surface area contributed by atoms with E-state index in [-0.39, 0.29) is 23.3 Å². The molecule has 0 amide bonds. The maximum atomic E-state index is 12.7. The van der Waals surface area contributed by atoms with Crippen LogP contribution < -0.4 is 0 Å². The fourth-order valence-electron chi connectivity index (χ4n) is 2.01. The molecule has 19 heavy (non-hydrogen) atoms. The summed E-state index contributed by atoms with van der Waals surface area (Å²) in [5.74, 6) is -0.184. The molecular weight excluding hydrogens is 266 g/mol. The first-order valence-electron chi connectivity index (χ1n) is 6.10. The SMILES string of the molecule is CC(=O)CN(C(C)C)S(=O)(=O)c1c(C)nn(C)c1C. The first-order chi connectivity index (χ1) is 8.59. The van der Waals surface area contributed by atoms with Crippen molar-refractivity contribution in [2.75, 3.05) is 6.54 Å². The molecule has 1 rings (SSSR count). The number of ketones is 1. The molecule has 1 aromatic heterocycles. The molecule has 0 saturated heterocycles. The van der Waals surface area contributed by atoms with Crippen LogP contribution >= 0.6 is 0 Å². The molecule has 0 aliphatic rings. The van der Waals surface area contributed by atoms with Crippen molar-refractivity contribution < 1.29 is 13.2 Å². The lowest BCUT2D eigenvalue weighted by Crippen LogP contribution is -2.40. The minimum Gasteiger partial charge on any atom is -0.299 e. The van der Waals surface area contributed by atoms with Crippen LogP contribution in [-0.4, -0.2) is 40.9 Å².